The standard InChI is InChI=1S/C25H28N8O2/c1-3-32-22-21(20(27)23(32)31-11-6-9-28-10-12-31)30(2)25(35)33(24(22)34)15-18-16(13-26)14-29-19-8-5-4-7-17(18)19/h4-5,7-8,14,28H,3,6,9-12,15,27H2,1-2H3. The molecule has 0 unspecified atom stereocenters. The minimum absolute atomic E-state index is 0.0366. The van der Waals surface area contributed by atoms with Crippen LogP contribution in [0.15, 0.2) is 40.1 Å². The maximum absolute atomic E-state index is 13.9. The zero-order valence-electron chi connectivity index (χ0n) is 19.9. The van der Waals surface area contributed by atoms with Crippen molar-refractivity contribution >= 4 is 33.4 Å². The summed E-state index contributed by atoms with van der Waals surface area (Å²) in [4.78, 5) is 33.9. The van der Waals surface area contributed by atoms with E-state index in [2.05, 4.69) is 21.3 Å². The van der Waals surface area contributed by atoms with E-state index < -0.39 is 11.2 Å². The second-order valence-corrected chi connectivity index (χ2v) is 8.78. The van der Waals surface area contributed by atoms with Gasteiger partial charge in [0.15, 0.2) is 0 Å². The smallest absolute Gasteiger partial charge is 0.331 e. The van der Waals surface area contributed by atoms with E-state index in [1.54, 1.807) is 7.05 Å². The van der Waals surface area contributed by atoms with E-state index in [0.29, 0.717) is 39.9 Å². The van der Waals surface area contributed by atoms with E-state index in [1.165, 1.54) is 15.3 Å². The predicted octanol–water partition coefficient (Wildman–Crippen LogP) is 1.37. The zero-order chi connectivity index (χ0) is 24.7. The lowest BCUT2D eigenvalue weighted by Gasteiger charge is -2.24. The maximum atomic E-state index is 13.9. The Labute approximate surface area is 201 Å². The van der Waals surface area contributed by atoms with Gasteiger partial charge in [0.05, 0.1) is 23.3 Å². The van der Waals surface area contributed by atoms with Crippen LogP contribution in [0.5, 0.6) is 0 Å². The average molecular weight is 473 g/mol. The molecule has 0 bridgehead atoms. The van der Waals surface area contributed by atoms with Gasteiger partial charge in [0.2, 0.25) is 0 Å². The van der Waals surface area contributed by atoms with Crippen molar-refractivity contribution in [3.8, 4) is 6.07 Å². The zero-order valence-corrected chi connectivity index (χ0v) is 19.9. The molecule has 1 fully saturated rings. The number of hydrogen-bond donors (Lipinski definition) is 2. The number of nitriles is 1. The largest absolute Gasteiger partial charge is 0.394 e. The molecular formula is C25H28N8O2. The number of rotatable bonds is 4. The van der Waals surface area contributed by atoms with Gasteiger partial charge in [-0.05, 0) is 26.0 Å². The number of nitrogens with two attached hydrogens (primary N) is 1. The Balaban J connectivity index is 1.77. The van der Waals surface area contributed by atoms with E-state index in [4.69, 9.17) is 5.73 Å². The van der Waals surface area contributed by atoms with Gasteiger partial charge in [0.25, 0.3) is 5.56 Å². The fraction of sp³-hybridized carbons (Fsp3) is 0.360. The monoisotopic (exact) mass is 472 g/mol. The molecule has 0 saturated carbocycles. The third-order valence-electron chi connectivity index (χ3n) is 6.83. The molecule has 10 nitrogen and oxygen atoms in total. The molecule has 3 N–H and O–H groups in total. The quantitative estimate of drug-likeness (QED) is 0.459. The van der Waals surface area contributed by atoms with Crippen LogP contribution in [0.2, 0.25) is 0 Å². The number of para-hydroxylation sites is 1. The second-order valence-electron chi connectivity index (χ2n) is 8.78. The number of hydrogen-bond acceptors (Lipinski definition) is 7. The average Bonchev–Trinajstić information content (AvgIpc) is 3.01. The first-order valence-corrected chi connectivity index (χ1v) is 11.8. The highest BCUT2D eigenvalue weighted by atomic mass is 16.2. The van der Waals surface area contributed by atoms with Gasteiger partial charge in [-0.2, -0.15) is 5.26 Å². The van der Waals surface area contributed by atoms with Gasteiger partial charge in [-0.15, -0.1) is 0 Å². The van der Waals surface area contributed by atoms with E-state index in [9.17, 15) is 14.9 Å². The number of nitrogens with one attached hydrogen (secondary N) is 1. The van der Waals surface area contributed by atoms with Crippen molar-refractivity contribution in [1.82, 2.24) is 24.0 Å². The first-order valence-electron chi connectivity index (χ1n) is 11.8. The summed E-state index contributed by atoms with van der Waals surface area (Å²) in [6.07, 6.45) is 2.45. The molecule has 0 atom stereocenters. The number of aryl methyl sites for hydroxylation is 2. The first-order chi connectivity index (χ1) is 17.0. The molecule has 4 aromatic rings. The van der Waals surface area contributed by atoms with Crippen molar-refractivity contribution in [2.45, 2.75) is 26.4 Å². The molecule has 1 aliphatic rings. The summed E-state index contributed by atoms with van der Waals surface area (Å²) in [7, 11) is 1.64. The second kappa shape index (κ2) is 8.92. The lowest BCUT2D eigenvalue weighted by molar-refractivity contribution is 0.652. The molecule has 5 rings (SSSR count). The van der Waals surface area contributed by atoms with E-state index >= 15 is 0 Å². The molecule has 35 heavy (non-hydrogen) atoms. The first kappa shape index (κ1) is 22.7. The van der Waals surface area contributed by atoms with Crippen molar-refractivity contribution in [2.24, 2.45) is 7.05 Å². The van der Waals surface area contributed by atoms with E-state index in [-0.39, 0.29) is 6.54 Å². The van der Waals surface area contributed by atoms with Crippen molar-refractivity contribution < 1.29 is 0 Å². The fourth-order valence-corrected chi connectivity index (χ4v) is 5.13. The Morgan fingerprint density at radius 3 is 2.71 bits per heavy atom. The molecule has 3 aromatic heterocycles. The SMILES string of the molecule is CCn1c(N2CCCNCC2)c(N)c2c1c(=O)n(Cc1c(C#N)cnc3ccccc13)c(=O)n2C. The summed E-state index contributed by atoms with van der Waals surface area (Å²) >= 11 is 0. The van der Waals surface area contributed by atoms with Gasteiger partial charge in [-0.25, -0.2) is 4.79 Å². The summed E-state index contributed by atoms with van der Waals surface area (Å²) in [5.74, 6) is 0.781. The van der Waals surface area contributed by atoms with Crippen LogP contribution in [0, 0.1) is 11.3 Å². The molecule has 0 aliphatic carbocycles. The van der Waals surface area contributed by atoms with Gasteiger partial charge in [0, 0.05) is 50.4 Å². The number of nitrogens with zero attached hydrogens (tertiary/aromatic N) is 6. The van der Waals surface area contributed by atoms with E-state index in [1.807, 2.05) is 35.8 Å². The number of benzene rings is 1. The molecule has 10 heteroatoms. The molecular weight excluding hydrogens is 444 g/mol. The van der Waals surface area contributed by atoms with Crippen molar-refractivity contribution in [1.29, 1.82) is 5.26 Å². The molecule has 1 saturated heterocycles. The fourth-order valence-electron chi connectivity index (χ4n) is 5.13. The summed E-state index contributed by atoms with van der Waals surface area (Å²) in [5.41, 5.74) is 8.65. The highest BCUT2D eigenvalue weighted by Gasteiger charge is 2.26. The van der Waals surface area contributed by atoms with Crippen molar-refractivity contribution in [3.63, 3.8) is 0 Å². The summed E-state index contributed by atoms with van der Waals surface area (Å²) in [6, 6.07) is 9.56. The van der Waals surface area contributed by atoms with Crippen LogP contribution in [-0.2, 0) is 20.1 Å². The Kier molecular flexibility index (Phi) is 5.78. The number of fused-ring (bicyclic) bond motifs is 2. The molecule has 1 aromatic carbocycles. The normalized spacial score (nSPS) is 14.4. The highest BCUT2D eigenvalue weighted by molar-refractivity contribution is 5.96. The van der Waals surface area contributed by atoms with Crippen LogP contribution in [-0.4, -0.2) is 44.9 Å². The van der Waals surface area contributed by atoms with Gasteiger partial charge >= 0.3 is 5.69 Å². The lowest BCUT2D eigenvalue weighted by Crippen LogP contribution is -2.40. The number of aromatic nitrogens is 4. The van der Waals surface area contributed by atoms with Gasteiger partial charge in [0.1, 0.15) is 22.9 Å². The minimum atomic E-state index is -0.476. The number of anilines is 2. The van der Waals surface area contributed by atoms with Crippen LogP contribution in [0.3, 0.4) is 0 Å². The topological polar surface area (TPSA) is 127 Å². The Morgan fingerprint density at radius 1 is 1.14 bits per heavy atom. The summed E-state index contributed by atoms with van der Waals surface area (Å²) in [5, 5.41) is 13.8. The van der Waals surface area contributed by atoms with Gasteiger partial charge < -0.3 is 20.5 Å². The predicted molar refractivity (Wildman–Crippen MR) is 137 cm³/mol. The molecule has 0 radical (unpaired) electrons. The summed E-state index contributed by atoms with van der Waals surface area (Å²) in [6.45, 7) is 5.78. The third-order valence-corrected chi connectivity index (χ3v) is 6.83. The number of nitrogen functional groups attached to an aromatic ring is 1. The Hall–Kier alpha value is -4.10. The molecule has 0 spiro atoms. The molecule has 4 heterocycles. The van der Waals surface area contributed by atoms with Crippen LogP contribution in [0.25, 0.3) is 21.9 Å². The third kappa shape index (κ3) is 3.56. The minimum Gasteiger partial charge on any atom is -0.394 e. The van der Waals surface area contributed by atoms with Crippen LogP contribution in [0.1, 0.15) is 24.5 Å². The van der Waals surface area contributed by atoms with Gasteiger partial charge in [-0.1, -0.05) is 18.2 Å². The number of pyridine rings is 1. The van der Waals surface area contributed by atoms with Crippen LogP contribution in [0.4, 0.5) is 11.5 Å². The van der Waals surface area contributed by atoms with Gasteiger partial charge in [-0.3, -0.25) is 18.9 Å². The van der Waals surface area contributed by atoms with Crippen molar-refractivity contribution in [2.75, 3.05) is 36.8 Å². The van der Waals surface area contributed by atoms with Crippen LogP contribution >= 0.6 is 0 Å². The summed E-state index contributed by atoms with van der Waals surface area (Å²) < 4.78 is 4.57. The maximum Gasteiger partial charge on any atom is 0.331 e. The Bertz CT molecular complexity index is 1600. The Morgan fingerprint density at radius 2 is 1.94 bits per heavy atom. The molecule has 180 valence electrons. The molecule has 1 aliphatic heterocycles. The van der Waals surface area contributed by atoms with Crippen LogP contribution < -0.4 is 27.2 Å². The van der Waals surface area contributed by atoms with E-state index in [0.717, 1.165) is 43.8 Å². The highest BCUT2D eigenvalue weighted by Crippen LogP contribution is 2.33. The van der Waals surface area contributed by atoms with Crippen molar-refractivity contribution in [3.05, 3.63) is 62.4 Å². The molecule has 0 amide bonds. The lowest BCUT2D eigenvalue weighted by atomic mass is 10.0.